The van der Waals surface area contributed by atoms with Crippen molar-refractivity contribution >= 4 is 77.0 Å². The number of aliphatic hydroxyl groups is 1. The molecule has 3 N–H and O–H groups in total. The number of carbonyl (C=O) groups is 4. The zero-order chi connectivity index (χ0) is 47.3. The van der Waals surface area contributed by atoms with E-state index in [1.165, 1.54) is 36.5 Å². The minimum atomic E-state index is -3.20. The third kappa shape index (κ3) is 11.3. The highest BCUT2D eigenvalue weighted by Crippen LogP contribution is 2.41. The third-order valence-corrected chi connectivity index (χ3v) is 18.0. The van der Waals surface area contributed by atoms with Crippen LogP contribution in [0.5, 0.6) is 0 Å². The van der Waals surface area contributed by atoms with Gasteiger partial charge in [-0.3, -0.25) is 9.59 Å². The number of aromatic nitrogens is 4. The van der Waals surface area contributed by atoms with Crippen LogP contribution in [0.25, 0.3) is 22.0 Å². The van der Waals surface area contributed by atoms with E-state index in [0.29, 0.717) is 38.3 Å². The van der Waals surface area contributed by atoms with E-state index in [9.17, 15) is 24.3 Å². The first-order valence-electron chi connectivity index (χ1n) is 21.0. The summed E-state index contributed by atoms with van der Waals surface area (Å²) in [6.07, 6.45) is -0.811. The van der Waals surface area contributed by atoms with Crippen LogP contribution >= 0.6 is 34.0 Å². The van der Waals surface area contributed by atoms with Crippen LogP contribution in [0, 0.1) is 0 Å². The first kappa shape index (κ1) is 48.9. The smallest absolute Gasteiger partial charge is 0.408 e. The fraction of sp³-hybridized carbons (Fsp3) is 0.362. The molecule has 3 atom stereocenters. The minimum absolute atomic E-state index is 0.0495. The van der Waals surface area contributed by atoms with Crippen LogP contribution in [-0.4, -0.2) is 81.5 Å². The number of nitrogens with one attached hydrogen (secondary N) is 2. The Morgan fingerprint density at radius 3 is 1.95 bits per heavy atom. The van der Waals surface area contributed by atoms with E-state index < -0.39 is 60.7 Å². The Morgan fingerprint density at radius 1 is 0.769 bits per heavy atom. The number of esters is 1. The number of hydrogen-bond donors (Lipinski definition) is 3. The first-order chi connectivity index (χ1) is 30.6. The molecule has 14 nitrogen and oxygen atoms in total. The number of aldehydes is 1. The number of thiazole rings is 3. The monoisotopic (exact) mass is 954 g/mol. The highest BCUT2D eigenvalue weighted by molar-refractivity contribution is 7.13. The molecule has 0 unspecified atom stereocenters. The molecule has 0 aliphatic heterocycles. The van der Waals surface area contributed by atoms with Gasteiger partial charge in [-0.05, 0) is 76.0 Å². The molecule has 0 saturated carbocycles. The van der Waals surface area contributed by atoms with Gasteiger partial charge in [0, 0.05) is 21.7 Å². The second kappa shape index (κ2) is 19.9. The van der Waals surface area contributed by atoms with Gasteiger partial charge in [-0.2, -0.15) is 0 Å². The predicted molar refractivity (Wildman–Crippen MR) is 257 cm³/mol. The maximum atomic E-state index is 14.5. The van der Waals surface area contributed by atoms with E-state index >= 15 is 0 Å². The summed E-state index contributed by atoms with van der Waals surface area (Å²) in [5, 5.41) is 24.9. The van der Waals surface area contributed by atoms with Crippen molar-refractivity contribution in [3.8, 4) is 22.0 Å². The summed E-state index contributed by atoms with van der Waals surface area (Å²) in [5.74, 6) is -1.10. The standard InChI is InChI=1S/C47H54N6O8S3Si/c1-11-59-43(56)35-27-62-40(51-35)32-23-22-29(24-54)48-37(32)33-25-63-41(49-33)36(28(2)61-65(46(6,7)8,30-18-14-12-15-19-30)31-20-16-13-17-21-31)52-39(55)34-26-64-42(50-34)38(47(9,10)58)53-44(57)60-45(3,4)5/h12-28,36,38,58H,11H2,1-10H3,(H,52,55)(H,53,57)/t28-,36+,38+/m1/s1. The Balaban J connectivity index is 1.44. The predicted octanol–water partition coefficient (Wildman–Crippen LogP) is 8.55. The zero-order valence-electron chi connectivity index (χ0n) is 38.0. The van der Waals surface area contributed by atoms with Crippen molar-refractivity contribution in [2.75, 3.05) is 6.61 Å². The summed E-state index contributed by atoms with van der Waals surface area (Å²) < 4.78 is 18.2. The Hall–Kier alpha value is -5.50. The molecule has 65 heavy (non-hydrogen) atoms. The van der Waals surface area contributed by atoms with Crippen LogP contribution in [0.1, 0.15) is 123 Å². The molecule has 0 bridgehead atoms. The van der Waals surface area contributed by atoms with Crippen molar-refractivity contribution in [2.45, 2.75) is 104 Å². The number of amides is 2. The summed E-state index contributed by atoms with van der Waals surface area (Å²) in [7, 11) is -3.20. The number of carbonyl (C=O) groups excluding carboxylic acids is 4. The molecule has 342 valence electrons. The van der Waals surface area contributed by atoms with Gasteiger partial charge in [0.2, 0.25) is 0 Å². The van der Waals surface area contributed by atoms with Crippen molar-refractivity contribution in [1.29, 1.82) is 0 Å². The Bertz CT molecular complexity index is 2580. The van der Waals surface area contributed by atoms with E-state index in [2.05, 4.69) is 70.6 Å². The molecule has 0 spiro atoms. The van der Waals surface area contributed by atoms with Crippen molar-refractivity contribution in [2.24, 2.45) is 0 Å². The fourth-order valence-electron chi connectivity index (χ4n) is 7.27. The molecule has 0 radical (unpaired) electrons. The molecule has 18 heteroatoms. The van der Waals surface area contributed by atoms with Crippen LogP contribution < -0.4 is 21.0 Å². The lowest BCUT2D eigenvalue weighted by Crippen LogP contribution is -2.68. The van der Waals surface area contributed by atoms with Crippen LogP contribution in [-0.2, 0) is 13.9 Å². The largest absolute Gasteiger partial charge is 0.461 e. The summed E-state index contributed by atoms with van der Waals surface area (Å²) in [5.41, 5.74) is -0.601. The second-order valence-corrected chi connectivity index (χ2v) is 24.7. The molecule has 0 saturated heterocycles. The molecule has 2 amide bonds. The number of ether oxygens (including phenoxy) is 2. The van der Waals surface area contributed by atoms with Gasteiger partial charge in [0.15, 0.2) is 12.0 Å². The number of hydrogen-bond acceptors (Lipinski definition) is 15. The molecule has 6 rings (SSSR count). The lowest BCUT2D eigenvalue weighted by molar-refractivity contribution is 0.0163. The van der Waals surface area contributed by atoms with Crippen LogP contribution in [0.2, 0.25) is 5.04 Å². The maximum Gasteiger partial charge on any atom is 0.408 e. The van der Waals surface area contributed by atoms with Crippen LogP contribution in [0.4, 0.5) is 4.79 Å². The van der Waals surface area contributed by atoms with Gasteiger partial charge < -0.3 is 29.6 Å². The summed E-state index contributed by atoms with van der Waals surface area (Å²) >= 11 is 3.62. The van der Waals surface area contributed by atoms with E-state index in [1.54, 1.807) is 56.0 Å². The summed E-state index contributed by atoms with van der Waals surface area (Å²) in [4.78, 5) is 70.9. The summed E-state index contributed by atoms with van der Waals surface area (Å²) in [6.45, 7) is 18.6. The molecule has 0 fully saturated rings. The average Bonchev–Trinajstić information content (AvgIpc) is 4.05. The van der Waals surface area contributed by atoms with Gasteiger partial charge in [0.05, 0.1) is 18.3 Å². The van der Waals surface area contributed by atoms with Crippen LogP contribution in [0.15, 0.2) is 88.9 Å². The summed E-state index contributed by atoms with van der Waals surface area (Å²) in [6, 6.07) is 21.7. The highest BCUT2D eigenvalue weighted by Gasteiger charge is 2.52. The maximum absolute atomic E-state index is 14.5. The molecule has 6 aromatic rings. The third-order valence-electron chi connectivity index (χ3n) is 10.2. The molecule has 0 aliphatic rings. The zero-order valence-corrected chi connectivity index (χ0v) is 41.4. The first-order valence-corrected chi connectivity index (χ1v) is 25.5. The van der Waals surface area contributed by atoms with E-state index in [0.717, 1.165) is 21.7 Å². The Labute approximate surface area is 392 Å². The molecule has 2 aromatic carbocycles. The van der Waals surface area contributed by atoms with E-state index in [-0.39, 0.29) is 23.7 Å². The normalized spacial score (nSPS) is 13.6. The van der Waals surface area contributed by atoms with Crippen LogP contribution in [0.3, 0.4) is 0 Å². The SMILES string of the molecule is CCOC(=O)c1csc(-c2ccc(C=O)nc2-c2csc([C@@H](NC(=O)c3csc([C@H](NC(=O)OC(C)(C)C)C(C)(C)O)n3)[C@@H](C)O[Si](c3ccccc3)(c3ccccc3)C(C)(C)C)n2)n1. The quantitative estimate of drug-likeness (QED) is 0.0477. The minimum Gasteiger partial charge on any atom is -0.461 e. The Kier molecular flexibility index (Phi) is 15.0. The lowest BCUT2D eigenvalue weighted by atomic mass is 10.00. The topological polar surface area (TPSA) is 192 Å². The van der Waals surface area contributed by atoms with Gasteiger partial charge in [-0.15, -0.1) is 34.0 Å². The molecule has 4 aromatic heterocycles. The second-order valence-electron chi connectivity index (χ2n) is 17.8. The number of alkyl carbamates (subject to hydrolysis) is 1. The van der Waals surface area contributed by atoms with Crippen molar-refractivity contribution in [3.63, 3.8) is 0 Å². The number of pyridine rings is 1. The fourth-order valence-corrected chi connectivity index (χ4v) is 14.8. The number of nitrogens with zero attached hydrogens (tertiary/aromatic N) is 4. The van der Waals surface area contributed by atoms with Gasteiger partial charge in [0.25, 0.3) is 14.2 Å². The van der Waals surface area contributed by atoms with Crippen molar-refractivity contribution in [1.82, 2.24) is 30.6 Å². The molecular formula is C47H54N6O8S3Si. The number of rotatable bonds is 16. The van der Waals surface area contributed by atoms with Gasteiger partial charge in [0.1, 0.15) is 55.5 Å². The van der Waals surface area contributed by atoms with Gasteiger partial charge in [-0.1, -0.05) is 81.4 Å². The molecule has 4 heterocycles. The van der Waals surface area contributed by atoms with Gasteiger partial charge in [-0.25, -0.2) is 29.5 Å². The van der Waals surface area contributed by atoms with Crippen molar-refractivity contribution in [3.05, 3.63) is 116 Å². The van der Waals surface area contributed by atoms with Gasteiger partial charge >= 0.3 is 12.1 Å². The Morgan fingerprint density at radius 2 is 1.38 bits per heavy atom. The van der Waals surface area contributed by atoms with E-state index in [4.69, 9.17) is 18.9 Å². The number of benzene rings is 2. The lowest BCUT2D eigenvalue weighted by Gasteiger charge is -2.45. The average molecular weight is 955 g/mol. The molecule has 0 aliphatic carbocycles. The van der Waals surface area contributed by atoms with E-state index in [1.807, 2.05) is 43.3 Å². The molecular weight excluding hydrogens is 901 g/mol. The van der Waals surface area contributed by atoms with Crippen molar-refractivity contribution < 1.29 is 38.2 Å². The highest BCUT2D eigenvalue weighted by atomic mass is 32.1.